The summed E-state index contributed by atoms with van der Waals surface area (Å²) in [6.45, 7) is 6.02. The van der Waals surface area contributed by atoms with E-state index >= 15 is 0 Å². The van der Waals surface area contributed by atoms with Crippen LogP contribution in [0.2, 0.25) is 5.02 Å². The first kappa shape index (κ1) is 13.6. The molecule has 0 saturated heterocycles. The SMILES string of the molecule is CC(C)(C)c1cc(NC(=O)c2ccccc2Cl)no1. The summed E-state index contributed by atoms with van der Waals surface area (Å²) in [6, 6.07) is 8.56. The highest BCUT2D eigenvalue weighted by Gasteiger charge is 2.20. The van der Waals surface area contributed by atoms with Gasteiger partial charge in [0.25, 0.3) is 5.91 Å². The topological polar surface area (TPSA) is 55.1 Å². The summed E-state index contributed by atoms with van der Waals surface area (Å²) in [5.74, 6) is 0.788. The van der Waals surface area contributed by atoms with Crippen molar-refractivity contribution in [2.24, 2.45) is 0 Å². The van der Waals surface area contributed by atoms with Gasteiger partial charge in [-0.3, -0.25) is 4.79 Å². The average Bonchev–Trinajstić information content (AvgIpc) is 2.77. The molecular formula is C14H15ClN2O2. The molecule has 0 radical (unpaired) electrons. The Morgan fingerprint density at radius 2 is 2.00 bits per heavy atom. The summed E-state index contributed by atoms with van der Waals surface area (Å²) in [7, 11) is 0. The van der Waals surface area contributed by atoms with Gasteiger partial charge in [-0.15, -0.1) is 0 Å². The lowest BCUT2D eigenvalue weighted by atomic mass is 9.93. The van der Waals surface area contributed by atoms with Crippen LogP contribution in [0.15, 0.2) is 34.9 Å². The number of nitrogens with one attached hydrogen (secondary N) is 1. The van der Waals surface area contributed by atoms with Gasteiger partial charge in [0.05, 0.1) is 10.6 Å². The minimum absolute atomic E-state index is 0.152. The predicted octanol–water partition coefficient (Wildman–Crippen LogP) is 3.88. The van der Waals surface area contributed by atoms with Gasteiger partial charge in [-0.25, -0.2) is 0 Å². The molecule has 5 heteroatoms. The summed E-state index contributed by atoms with van der Waals surface area (Å²) in [5.41, 5.74) is 0.255. The molecule has 0 bridgehead atoms. The molecule has 1 aromatic heterocycles. The molecule has 1 N–H and O–H groups in total. The highest BCUT2D eigenvalue weighted by molar-refractivity contribution is 6.34. The Morgan fingerprint density at radius 1 is 1.32 bits per heavy atom. The van der Waals surface area contributed by atoms with Crippen LogP contribution < -0.4 is 5.32 Å². The number of anilines is 1. The van der Waals surface area contributed by atoms with Crippen LogP contribution in [-0.4, -0.2) is 11.1 Å². The number of hydrogen-bond donors (Lipinski definition) is 1. The van der Waals surface area contributed by atoms with Crippen LogP contribution in [0.1, 0.15) is 36.9 Å². The van der Waals surface area contributed by atoms with Gasteiger partial charge in [0.2, 0.25) is 0 Å². The fraction of sp³-hybridized carbons (Fsp3) is 0.286. The molecule has 0 spiro atoms. The maximum Gasteiger partial charge on any atom is 0.258 e. The van der Waals surface area contributed by atoms with Crippen LogP contribution in [0.4, 0.5) is 5.82 Å². The summed E-state index contributed by atoms with van der Waals surface area (Å²) < 4.78 is 5.20. The monoisotopic (exact) mass is 278 g/mol. The number of hydrogen-bond acceptors (Lipinski definition) is 3. The minimum atomic E-state index is -0.306. The minimum Gasteiger partial charge on any atom is -0.359 e. The number of nitrogens with zero attached hydrogens (tertiary/aromatic N) is 1. The number of rotatable bonds is 2. The zero-order valence-corrected chi connectivity index (χ0v) is 11.8. The molecule has 2 aromatic rings. The second-order valence-corrected chi connectivity index (χ2v) is 5.67. The Morgan fingerprint density at radius 3 is 2.58 bits per heavy atom. The van der Waals surface area contributed by atoms with Gasteiger partial charge >= 0.3 is 0 Å². The van der Waals surface area contributed by atoms with Crippen molar-refractivity contribution in [2.75, 3.05) is 5.32 Å². The first-order valence-corrected chi connectivity index (χ1v) is 6.29. The molecule has 0 aliphatic carbocycles. The number of carbonyl (C=O) groups is 1. The summed E-state index contributed by atoms with van der Waals surface area (Å²) in [5, 5.41) is 6.89. The second-order valence-electron chi connectivity index (χ2n) is 5.26. The Balaban J connectivity index is 2.16. The van der Waals surface area contributed by atoms with E-state index < -0.39 is 0 Å². The summed E-state index contributed by atoms with van der Waals surface area (Å²) in [4.78, 5) is 12.0. The van der Waals surface area contributed by atoms with Gasteiger partial charge in [-0.1, -0.05) is 49.7 Å². The quantitative estimate of drug-likeness (QED) is 0.907. The smallest absolute Gasteiger partial charge is 0.258 e. The first-order valence-electron chi connectivity index (χ1n) is 5.91. The van der Waals surface area contributed by atoms with Crippen molar-refractivity contribution in [3.8, 4) is 0 Å². The molecule has 100 valence electrons. The number of halogens is 1. The Bertz CT molecular complexity index is 599. The third kappa shape index (κ3) is 3.15. The van der Waals surface area contributed by atoms with Crippen molar-refractivity contribution >= 4 is 23.3 Å². The lowest BCUT2D eigenvalue weighted by molar-refractivity contribution is 0.102. The van der Waals surface area contributed by atoms with Crippen molar-refractivity contribution in [3.05, 3.63) is 46.7 Å². The zero-order chi connectivity index (χ0) is 14.0. The highest BCUT2D eigenvalue weighted by atomic mass is 35.5. The maximum absolute atomic E-state index is 12.0. The molecule has 1 heterocycles. The molecule has 19 heavy (non-hydrogen) atoms. The van der Waals surface area contributed by atoms with E-state index in [9.17, 15) is 4.79 Å². The van der Waals surface area contributed by atoms with Crippen LogP contribution in [0, 0.1) is 0 Å². The molecule has 0 unspecified atom stereocenters. The van der Waals surface area contributed by atoms with Crippen molar-refractivity contribution in [3.63, 3.8) is 0 Å². The normalized spacial score (nSPS) is 11.4. The molecule has 0 aliphatic rings. The largest absolute Gasteiger partial charge is 0.359 e. The number of benzene rings is 1. The van der Waals surface area contributed by atoms with Crippen molar-refractivity contribution < 1.29 is 9.32 Å². The molecule has 1 amide bonds. The van der Waals surface area contributed by atoms with Gasteiger partial charge in [0.1, 0.15) is 5.76 Å². The van der Waals surface area contributed by atoms with E-state index in [2.05, 4.69) is 10.5 Å². The highest BCUT2D eigenvalue weighted by Crippen LogP contribution is 2.25. The lowest BCUT2D eigenvalue weighted by Gasteiger charge is -2.12. The van der Waals surface area contributed by atoms with Crippen molar-refractivity contribution in [1.29, 1.82) is 0 Å². The lowest BCUT2D eigenvalue weighted by Crippen LogP contribution is -2.13. The second kappa shape index (κ2) is 5.05. The zero-order valence-electron chi connectivity index (χ0n) is 11.0. The van der Waals surface area contributed by atoms with Gasteiger partial charge in [0, 0.05) is 11.5 Å². The summed E-state index contributed by atoms with van der Waals surface area (Å²) >= 11 is 5.96. The fourth-order valence-corrected chi connectivity index (χ4v) is 1.74. The van der Waals surface area contributed by atoms with E-state index in [1.165, 1.54) is 0 Å². The average molecular weight is 279 g/mol. The Kier molecular flexibility index (Phi) is 3.62. The van der Waals surface area contributed by atoms with Gasteiger partial charge in [0.15, 0.2) is 5.82 Å². The molecule has 0 atom stereocenters. The van der Waals surface area contributed by atoms with E-state index in [4.69, 9.17) is 16.1 Å². The molecule has 2 rings (SSSR count). The van der Waals surface area contributed by atoms with Crippen LogP contribution >= 0.6 is 11.6 Å². The third-order valence-corrected chi connectivity index (χ3v) is 2.94. The molecule has 0 saturated carbocycles. The van der Waals surface area contributed by atoms with Crippen LogP contribution in [0.25, 0.3) is 0 Å². The van der Waals surface area contributed by atoms with Crippen LogP contribution in [-0.2, 0) is 5.41 Å². The molecule has 0 aliphatic heterocycles. The Hall–Kier alpha value is -1.81. The van der Waals surface area contributed by atoms with Crippen molar-refractivity contribution in [1.82, 2.24) is 5.16 Å². The van der Waals surface area contributed by atoms with E-state index in [-0.39, 0.29) is 11.3 Å². The molecule has 1 aromatic carbocycles. The molecule has 4 nitrogen and oxygen atoms in total. The first-order chi connectivity index (χ1) is 8.88. The number of amides is 1. The Labute approximate surface area is 116 Å². The van der Waals surface area contributed by atoms with E-state index in [1.54, 1.807) is 30.3 Å². The summed E-state index contributed by atoms with van der Waals surface area (Å²) in [6.07, 6.45) is 0. The van der Waals surface area contributed by atoms with Crippen molar-refractivity contribution in [2.45, 2.75) is 26.2 Å². The van der Waals surface area contributed by atoms with Gasteiger partial charge < -0.3 is 9.84 Å². The number of carbonyl (C=O) groups excluding carboxylic acids is 1. The fourth-order valence-electron chi connectivity index (χ4n) is 1.52. The maximum atomic E-state index is 12.0. The molecular weight excluding hydrogens is 264 g/mol. The molecule has 0 fully saturated rings. The third-order valence-electron chi connectivity index (χ3n) is 2.61. The van der Waals surface area contributed by atoms with E-state index in [1.807, 2.05) is 20.8 Å². The number of aromatic nitrogens is 1. The van der Waals surface area contributed by atoms with Crippen LogP contribution in [0.5, 0.6) is 0 Å². The van der Waals surface area contributed by atoms with Gasteiger partial charge in [-0.05, 0) is 12.1 Å². The predicted molar refractivity (Wildman–Crippen MR) is 74.6 cm³/mol. The van der Waals surface area contributed by atoms with Crippen LogP contribution in [0.3, 0.4) is 0 Å². The van der Waals surface area contributed by atoms with Gasteiger partial charge in [-0.2, -0.15) is 0 Å². The van der Waals surface area contributed by atoms with E-state index in [0.29, 0.717) is 22.2 Å². The van der Waals surface area contributed by atoms with E-state index in [0.717, 1.165) is 0 Å². The standard InChI is InChI=1S/C14H15ClN2O2/c1-14(2,3)11-8-12(17-19-11)16-13(18)9-6-4-5-7-10(9)15/h4-8H,1-3H3,(H,16,17,18).